The first-order valence-corrected chi connectivity index (χ1v) is 10.7. The van der Waals surface area contributed by atoms with Crippen LogP contribution in [0, 0.1) is 0 Å². The van der Waals surface area contributed by atoms with Crippen LogP contribution < -0.4 is 5.32 Å². The first kappa shape index (κ1) is 18.7. The van der Waals surface area contributed by atoms with Gasteiger partial charge < -0.3 is 14.6 Å². The molecule has 3 aromatic rings. The summed E-state index contributed by atoms with van der Waals surface area (Å²) in [5, 5.41) is 15.4. The van der Waals surface area contributed by atoms with Crippen molar-refractivity contribution in [2.45, 2.75) is 31.6 Å². The summed E-state index contributed by atoms with van der Waals surface area (Å²) in [7, 11) is 0. The Morgan fingerprint density at radius 2 is 2.14 bits per heavy atom. The van der Waals surface area contributed by atoms with Crippen LogP contribution in [0.1, 0.15) is 36.6 Å². The Kier molecular flexibility index (Phi) is 6.01. The van der Waals surface area contributed by atoms with Gasteiger partial charge in [-0.25, -0.2) is 4.79 Å². The molecule has 146 valence electrons. The minimum absolute atomic E-state index is 0.00432. The minimum Gasteiger partial charge on any atom is -0.420 e. The predicted octanol–water partition coefficient (Wildman–Crippen LogP) is 4.32. The van der Waals surface area contributed by atoms with Crippen LogP contribution >= 0.6 is 11.3 Å². The van der Waals surface area contributed by atoms with E-state index in [0.29, 0.717) is 24.9 Å². The van der Waals surface area contributed by atoms with Crippen molar-refractivity contribution < 1.29 is 9.21 Å². The molecule has 1 aliphatic rings. The van der Waals surface area contributed by atoms with Crippen LogP contribution in [0.15, 0.2) is 51.6 Å². The lowest BCUT2D eigenvalue weighted by molar-refractivity contribution is 0.174. The van der Waals surface area contributed by atoms with E-state index in [0.717, 1.165) is 37.8 Å². The van der Waals surface area contributed by atoms with Gasteiger partial charge in [0.25, 0.3) is 0 Å². The number of aromatic nitrogens is 2. The molecular formula is C21H24N4O2S. The normalized spacial score (nSPS) is 16.9. The number of hydrogen-bond donors (Lipinski definition) is 1. The maximum Gasteiger partial charge on any atom is 0.317 e. The highest BCUT2D eigenvalue weighted by Crippen LogP contribution is 2.29. The van der Waals surface area contributed by atoms with E-state index in [9.17, 15) is 4.79 Å². The van der Waals surface area contributed by atoms with E-state index in [1.807, 2.05) is 39.9 Å². The highest BCUT2D eigenvalue weighted by molar-refractivity contribution is 7.08. The first-order chi connectivity index (χ1) is 13.8. The maximum atomic E-state index is 12.5. The van der Waals surface area contributed by atoms with Gasteiger partial charge in [0.1, 0.15) is 0 Å². The molecule has 2 aromatic heterocycles. The molecule has 6 nitrogen and oxygen atoms in total. The summed E-state index contributed by atoms with van der Waals surface area (Å²) in [5.74, 6) is 1.28. The molecule has 3 heterocycles. The first-order valence-electron chi connectivity index (χ1n) is 9.72. The average Bonchev–Trinajstić information content (AvgIpc) is 3.44. The number of hydrogen-bond acceptors (Lipinski definition) is 5. The second-order valence-corrected chi connectivity index (χ2v) is 7.84. The fraction of sp³-hybridized carbons (Fsp3) is 0.381. The van der Waals surface area contributed by atoms with Gasteiger partial charge >= 0.3 is 6.03 Å². The number of likely N-dealkylation sites (tertiary alicyclic amines) is 1. The fourth-order valence-electron chi connectivity index (χ4n) is 3.51. The van der Waals surface area contributed by atoms with Gasteiger partial charge in [-0.05, 0) is 42.7 Å². The van der Waals surface area contributed by atoms with Crippen LogP contribution in [0.3, 0.4) is 0 Å². The van der Waals surface area contributed by atoms with Crippen LogP contribution in [-0.2, 0) is 6.42 Å². The zero-order valence-corrected chi connectivity index (χ0v) is 16.5. The standard InChI is InChI=1S/C21H24N4O2S/c26-21(22-11-4-8-16-6-2-1-3-7-16)25-12-5-9-17(14-25)19-23-24-20(27-19)18-10-13-28-15-18/h1-3,6-7,10,13,15,17H,4-5,8-9,11-12,14H2,(H,22,26). The topological polar surface area (TPSA) is 71.3 Å². The van der Waals surface area contributed by atoms with Gasteiger partial charge in [0, 0.05) is 30.6 Å². The molecule has 0 aliphatic carbocycles. The number of piperidine rings is 1. The zero-order valence-electron chi connectivity index (χ0n) is 15.7. The van der Waals surface area contributed by atoms with E-state index in [1.54, 1.807) is 11.3 Å². The van der Waals surface area contributed by atoms with Crippen LogP contribution in [-0.4, -0.2) is 40.8 Å². The van der Waals surface area contributed by atoms with Crippen LogP contribution in [0.2, 0.25) is 0 Å². The molecule has 0 radical (unpaired) electrons. The highest BCUT2D eigenvalue weighted by atomic mass is 32.1. The van der Waals surface area contributed by atoms with Gasteiger partial charge in [-0.3, -0.25) is 0 Å². The molecule has 28 heavy (non-hydrogen) atoms. The molecule has 0 saturated carbocycles. The molecule has 4 rings (SSSR count). The second-order valence-electron chi connectivity index (χ2n) is 7.06. The number of nitrogens with zero attached hydrogens (tertiary/aromatic N) is 3. The Labute approximate surface area is 168 Å². The lowest BCUT2D eigenvalue weighted by Crippen LogP contribution is -2.45. The van der Waals surface area contributed by atoms with Crippen molar-refractivity contribution in [3.05, 3.63) is 58.6 Å². The molecule has 1 N–H and O–H groups in total. The summed E-state index contributed by atoms with van der Waals surface area (Å²) in [6.45, 7) is 2.07. The number of thiophene rings is 1. The average molecular weight is 397 g/mol. The van der Waals surface area contributed by atoms with Crippen molar-refractivity contribution in [2.24, 2.45) is 0 Å². The molecule has 1 fully saturated rings. The molecule has 2 amide bonds. The summed E-state index contributed by atoms with van der Waals surface area (Å²) < 4.78 is 5.87. The molecule has 0 bridgehead atoms. The molecular weight excluding hydrogens is 372 g/mol. The molecule has 1 unspecified atom stereocenters. The molecule has 1 saturated heterocycles. The Hall–Kier alpha value is -2.67. The third kappa shape index (κ3) is 4.59. The highest BCUT2D eigenvalue weighted by Gasteiger charge is 2.28. The number of carbonyl (C=O) groups excluding carboxylic acids is 1. The SMILES string of the molecule is O=C(NCCCc1ccccc1)N1CCCC(c2nnc(-c3ccsc3)o2)C1. The van der Waals surface area contributed by atoms with Crippen LogP contribution in [0.5, 0.6) is 0 Å². The second kappa shape index (κ2) is 9.01. The van der Waals surface area contributed by atoms with Gasteiger partial charge in [-0.1, -0.05) is 30.3 Å². The van der Waals surface area contributed by atoms with Crippen molar-refractivity contribution in [3.8, 4) is 11.5 Å². The number of nitrogens with one attached hydrogen (secondary N) is 1. The number of benzene rings is 1. The summed E-state index contributed by atoms with van der Waals surface area (Å²) in [4.78, 5) is 14.4. The third-order valence-electron chi connectivity index (χ3n) is 5.03. The minimum atomic E-state index is -0.00432. The van der Waals surface area contributed by atoms with E-state index in [-0.39, 0.29) is 11.9 Å². The van der Waals surface area contributed by atoms with Gasteiger partial charge in [-0.15, -0.1) is 10.2 Å². The van der Waals surface area contributed by atoms with Crippen molar-refractivity contribution in [2.75, 3.05) is 19.6 Å². The van der Waals surface area contributed by atoms with E-state index in [4.69, 9.17) is 4.42 Å². The number of aryl methyl sites for hydroxylation is 1. The fourth-order valence-corrected chi connectivity index (χ4v) is 4.14. The molecule has 1 atom stereocenters. The largest absolute Gasteiger partial charge is 0.420 e. The summed E-state index contributed by atoms with van der Waals surface area (Å²) in [6.07, 6.45) is 3.80. The Balaban J connectivity index is 1.27. The number of carbonyl (C=O) groups is 1. The van der Waals surface area contributed by atoms with Gasteiger partial charge in [0.15, 0.2) is 0 Å². The third-order valence-corrected chi connectivity index (χ3v) is 5.71. The van der Waals surface area contributed by atoms with Crippen molar-refractivity contribution >= 4 is 17.4 Å². The van der Waals surface area contributed by atoms with Gasteiger partial charge in [-0.2, -0.15) is 11.3 Å². The lowest BCUT2D eigenvalue weighted by Gasteiger charge is -2.31. The Bertz CT molecular complexity index is 879. The lowest BCUT2D eigenvalue weighted by atomic mass is 9.98. The zero-order chi connectivity index (χ0) is 19.2. The summed E-state index contributed by atoms with van der Waals surface area (Å²) in [6, 6.07) is 12.3. The predicted molar refractivity (Wildman–Crippen MR) is 109 cm³/mol. The quantitative estimate of drug-likeness (QED) is 0.630. The summed E-state index contributed by atoms with van der Waals surface area (Å²) >= 11 is 1.60. The number of rotatable bonds is 6. The molecule has 0 spiro atoms. The summed E-state index contributed by atoms with van der Waals surface area (Å²) in [5.41, 5.74) is 2.25. The molecule has 1 aliphatic heterocycles. The number of urea groups is 1. The Morgan fingerprint density at radius 1 is 1.25 bits per heavy atom. The number of amides is 2. The van der Waals surface area contributed by atoms with Crippen LogP contribution in [0.25, 0.3) is 11.5 Å². The van der Waals surface area contributed by atoms with Gasteiger partial charge in [0.2, 0.25) is 11.8 Å². The smallest absolute Gasteiger partial charge is 0.317 e. The molecule has 7 heteroatoms. The van der Waals surface area contributed by atoms with E-state index >= 15 is 0 Å². The maximum absolute atomic E-state index is 12.5. The van der Waals surface area contributed by atoms with Gasteiger partial charge in [0.05, 0.1) is 5.92 Å². The molecule has 1 aromatic carbocycles. The van der Waals surface area contributed by atoms with Crippen molar-refractivity contribution in [3.63, 3.8) is 0 Å². The van der Waals surface area contributed by atoms with Crippen molar-refractivity contribution in [1.29, 1.82) is 0 Å². The monoisotopic (exact) mass is 396 g/mol. The Morgan fingerprint density at radius 3 is 2.96 bits per heavy atom. The van der Waals surface area contributed by atoms with Crippen LogP contribution in [0.4, 0.5) is 4.79 Å². The van der Waals surface area contributed by atoms with E-state index in [1.165, 1.54) is 5.56 Å². The van der Waals surface area contributed by atoms with E-state index in [2.05, 4.69) is 27.6 Å². The van der Waals surface area contributed by atoms with E-state index < -0.39 is 0 Å². The van der Waals surface area contributed by atoms with Crippen molar-refractivity contribution in [1.82, 2.24) is 20.4 Å².